The summed E-state index contributed by atoms with van der Waals surface area (Å²) >= 11 is 5.83. The van der Waals surface area contributed by atoms with Gasteiger partial charge in [0.2, 0.25) is 0 Å². The molecule has 1 aliphatic heterocycles. The van der Waals surface area contributed by atoms with Crippen molar-refractivity contribution in [3.63, 3.8) is 0 Å². The Morgan fingerprint density at radius 1 is 1.30 bits per heavy atom. The number of morpholine rings is 1. The zero-order valence-electron chi connectivity index (χ0n) is 14.6. The molecule has 7 nitrogen and oxygen atoms in total. The third-order valence-corrected chi connectivity index (χ3v) is 4.63. The minimum absolute atomic E-state index is 0.126. The van der Waals surface area contributed by atoms with Crippen LogP contribution in [0.1, 0.15) is 11.7 Å². The van der Waals surface area contributed by atoms with Crippen molar-refractivity contribution >= 4 is 23.2 Å². The van der Waals surface area contributed by atoms with Crippen molar-refractivity contribution in [1.82, 2.24) is 19.7 Å². The van der Waals surface area contributed by atoms with E-state index in [2.05, 4.69) is 20.0 Å². The molecule has 1 saturated heterocycles. The van der Waals surface area contributed by atoms with Gasteiger partial charge >= 0.3 is 0 Å². The van der Waals surface area contributed by atoms with Gasteiger partial charge in [-0.05, 0) is 18.2 Å². The molecule has 9 heteroatoms. The molecule has 27 heavy (non-hydrogen) atoms. The molecule has 140 valence electrons. The number of halogens is 2. The number of hydrogen-bond acceptors (Lipinski definition) is 6. The number of rotatable bonds is 3. The molecule has 0 radical (unpaired) electrons. The van der Waals surface area contributed by atoms with Crippen LogP contribution >= 0.6 is 11.6 Å². The van der Waals surface area contributed by atoms with Crippen molar-refractivity contribution in [3.05, 3.63) is 53.1 Å². The van der Waals surface area contributed by atoms with E-state index in [9.17, 15) is 4.39 Å². The Kier molecular flexibility index (Phi) is 4.67. The van der Waals surface area contributed by atoms with Crippen molar-refractivity contribution < 1.29 is 9.13 Å². The number of nitrogen functional groups attached to an aromatic ring is 1. The monoisotopic (exact) mass is 388 g/mol. The number of hydrogen-bond donors (Lipinski definition) is 1. The number of benzene rings is 1. The lowest BCUT2D eigenvalue weighted by molar-refractivity contribution is 0.0395. The van der Waals surface area contributed by atoms with E-state index >= 15 is 0 Å². The number of aromatic nitrogens is 4. The first-order chi connectivity index (χ1) is 13.0. The largest absolute Gasteiger partial charge is 0.384 e. The summed E-state index contributed by atoms with van der Waals surface area (Å²) in [6.45, 7) is 1.77. The third kappa shape index (κ3) is 3.72. The summed E-state index contributed by atoms with van der Waals surface area (Å²) in [6.07, 6.45) is 3.59. The Morgan fingerprint density at radius 2 is 2.15 bits per heavy atom. The van der Waals surface area contributed by atoms with Crippen molar-refractivity contribution in [2.45, 2.75) is 6.10 Å². The van der Waals surface area contributed by atoms with E-state index in [1.165, 1.54) is 6.07 Å². The average molecular weight is 389 g/mol. The Morgan fingerprint density at radius 3 is 2.89 bits per heavy atom. The fourth-order valence-corrected chi connectivity index (χ4v) is 3.23. The molecule has 0 amide bonds. The number of ether oxygens (including phenoxy) is 1. The summed E-state index contributed by atoms with van der Waals surface area (Å²) in [5, 5.41) is 4.51. The zero-order chi connectivity index (χ0) is 19.0. The molecule has 0 unspecified atom stereocenters. The van der Waals surface area contributed by atoms with Gasteiger partial charge in [-0.25, -0.2) is 14.4 Å². The second kappa shape index (κ2) is 7.13. The van der Waals surface area contributed by atoms with Gasteiger partial charge in [-0.2, -0.15) is 5.10 Å². The molecule has 2 N–H and O–H groups in total. The van der Waals surface area contributed by atoms with Crippen LogP contribution in [-0.4, -0.2) is 39.4 Å². The van der Waals surface area contributed by atoms with Crippen molar-refractivity contribution in [3.8, 4) is 11.4 Å². The fraction of sp³-hybridized carbons (Fsp3) is 0.278. The molecule has 3 heterocycles. The first kappa shape index (κ1) is 17.7. The molecule has 1 fully saturated rings. The predicted octanol–water partition coefficient (Wildman–Crippen LogP) is 2.83. The molecule has 2 aromatic heterocycles. The van der Waals surface area contributed by atoms with Crippen LogP contribution in [0.4, 0.5) is 16.0 Å². The second-order valence-corrected chi connectivity index (χ2v) is 6.79. The first-order valence-corrected chi connectivity index (χ1v) is 8.82. The lowest BCUT2D eigenvalue weighted by atomic mass is 10.1. The molecule has 1 atom stereocenters. The van der Waals surface area contributed by atoms with Crippen molar-refractivity contribution in [2.24, 2.45) is 7.05 Å². The molecule has 0 aliphatic carbocycles. The van der Waals surface area contributed by atoms with Crippen LogP contribution in [0.3, 0.4) is 0 Å². The predicted molar refractivity (Wildman–Crippen MR) is 101 cm³/mol. The Balaban J connectivity index is 1.64. The molecule has 1 aliphatic rings. The maximum atomic E-state index is 14.3. The smallest absolute Gasteiger partial charge is 0.166 e. The quantitative estimate of drug-likeness (QED) is 0.743. The van der Waals surface area contributed by atoms with Gasteiger partial charge in [-0.15, -0.1) is 0 Å². The van der Waals surface area contributed by atoms with E-state index < -0.39 is 5.82 Å². The van der Waals surface area contributed by atoms with Crippen molar-refractivity contribution in [2.75, 3.05) is 30.3 Å². The van der Waals surface area contributed by atoms with Gasteiger partial charge in [0.15, 0.2) is 5.82 Å². The highest BCUT2D eigenvalue weighted by Gasteiger charge is 2.25. The standard InChI is InChI=1S/C18H18ClFN6O/c1-25-9-11(8-22-25)15-10-26(4-5-27-15)17-7-16(21)23-18(24-17)13-3-2-12(19)6-14(13)20/h2-3,6-9,15H,4-5,10H2,1H3,(H2,21,23,24)/t15-/m1/s1. The normalized spacial score (nSPS) is 17.3. The topological polar surface area (TPSA) is 82.1 Å². The van der Waals surface area contributed by atoms with E-state index in [1.54, 1.807) is 29.1 Å². The molecule has 0 bridgehead atoms. The van der Waals surface area contributed by atoms with Crippen LogP contribution in [-0.2, 0) is 11.8 Å². The van der Waals surface area contributed by atoms with Gasteiger partial charge < -0.3 is 15.4 Å². The highest BCUT2D eigenvalue weighted by Crippen LogP contribution is 2.29. The summed E-state index contributed by atoms with van der Waals surface area (Å²) in [6, 6.07) is 6.06. The lowest BCUT2D eigenvalue weighted by Crippen LogP contribution is -2.39. The molecule has 3 aromatic rings. The van der Waals surface area contributed by atoms with Gasteiger partial charge in [0.1, 0.15) is 23.6 Å². The molecular formula is C18H18ClFN6O. The van der Waals surface area contributed by atoms with E-state index in [0.29, 0.717) is 30.5 Å². The van der Waals surface area contributed by atoms with Crippen LogP contribution in [0.15, 0.2) is 36.7 Å². The van der Waals surface area contributed by atoms with Crippen LogP contribution in [0.2, 0.25) is 5.02 Å². The highest BCUT2D eigenvalue weighted by molar-refractivity contribution is 6.30. The van der Waals surface area contributed by atoms with E-state index in [-0.39, 0.29) is 23.3 Å². The summed E-state index contributed by atoms with van der Waals surface area (Å²) in [5.41, 5.74) is 7.21. The lowest BCUT2D eigenvalue weighted by Gasteiger charge is -2.33. The van der Waals surface area contributed by atoms with Crippen LogP contribution in [0, 0.1) is 5.82 Å². The number of anilines is 2. The maximum Gasteiger partial charge on any atom is 0.166 e. The van der Waals surface area contributed by atoms with Gasteiger partial charge in [-0.1, -0.05) is 11.6 Å². The van der Waals surface area contributed by atoms with Gasteiger partial charge in [0.05, 0.1) is 18.4 Å². The van der Waals surface area contributed by atoms with E-state index in [4.69, 9.17) is 22.1 Å². The Labute approximate surface area is 160 Å². The molecule has 0 saturated carbocycles. The average Bonchev–Trinajstić information content (AvgIpc) is 3.08. The SMILES string of the molecule is Cn1cc([C@H]2CN(c3cc(N)nc(-c4ccc(Cl)cc4F)n3)CCO2)cn1. The number of nitrogens with zero attached hydrogens (tertiary/aromatic N) is 5. The van der Waals surface area contributed by atoms with Gasteiger partial charge in [0, 0.05) is 43.0 Å². The molecule has 4 rings (SSSR count). The Bertz CT molecular complexity index is 978. The maximum absolute atomic E-state index is 14.3. The van der Waals surface area contributed by atoms with Gasteiger partial charge in [-0.3, -0.25) is 4.68 Å². The van der Waals surface area contributed by atoms with E-state index in [0.717, 1.165) is 5.56 Å². The second-order valence-electron chi connectivity index (χ2n) is 6.35. The van der Waals surface area contributed by atoms with Crippen molar-refractivity contribution in [1.29, 1.82) is 0 Å². The fourth-order valence-electron chi connectivity index (χ4n) is 3.07. The minimum Gasteiger partial charge on any atom is -0.384 e. The zero-order valence-corrected chi connectivity index (χ0v) is 15.4. The third-order valence-electron chi connectivity index (χ3n) is 4.39. The molecule has 1 aromatic carbocycles. The van der Waals surface area contributed by atoms with Crippen LogP contribution < -0.4 is 10.6 Å². The van der Waals surface area contributed by atoms with Crippen LogP contribution in [0.25, 0.3) is 11.4 Å². The number of nitrogens with two attached hydrogens (primary N) is 1. The molecule has 0 spiro atoms. The highest BCUT2D eigenvalue weighted by atomic mass is 35.5. The molecular weight excluding hydrogens is 371 g/mol. The van der Waals surface area contributed by atoms with E-state index in [1.807, 2.05) is 13.2 Å². The van der Waals surface area contributed by atoms with Crippen LogP contribution in [0.5, 0.6) is 0 Å². The first-order valence-electron chi connectivity index (χ1n) is 8.44. The summed E-state index contributed by atoms with van der Waals surface area (Å²) in [7, 11) is 1.86. The van der Waals surface area contributed by atoms with Gasteiger partial charge in [0.25, 0.3) is 0 Å². The number of aryl methyl sites for hydroxylation is 1. The summed E-state index contributed by atoms with van der Waals surface area (Å²) in [5.74, 6) is 0.635. The minimum atomic E-state index is -0.491. The summed E-state index contributed by atoms with van der Waals surface area (Å²) < 4.78 is 21.9. The Hall–Kier alpha value is -2.71. The summed E-state index contributed by atoms with van der Waals surface area (Å²) in [4.78, 5) is 10.8.